The van der Waals surface area contributed by atoms with Gasteiger partial charge in [-0.1, -0.05) is 0 Å². The van der Waals surface area contributed by atoms with Crippen molar-refractivity contribution in [2.24, 2.45) is 0 Å². The van der Waals surface area contributed by atoms with Gasteiger partial charge in [0.25, 0.3) is 5.91 Å². The van der Waals surface area contributed by atoms with Gasteiger partial charge >= 0.3 is 0 Å². The molecule has 1 heterocycles. The van der Waals surface area contributed by atoms with E-state index in [9.17, 15) is 4.79 Å². The van der Waals surface area contributed by atoms with Gasteiger partial charge in [-0.05, 0) is 6.92 Å². The molecule has 0 saturated carbocycles. The van der Waals surface area contributed by atoms with Crippen LogP contribution in [0.3, 0.4) is 0 Å². The van der Waals surface area contributed by atoms with Crippen LogP contribution in [0.5, 0.6) is 0 Å². The third-order valence-electron chi connectivity index (χ3n) is 1.51. The largest absolute Gasteiger partial charge is 0.354 e. The first-order valence-electron chi connectivity index (χ1n) is 3.51. The van der Waals surface area contributed by atoms with Crippen molar-refractivity contribution in [2.45, 2.75) is 13.5 Å². The maximum Gasteiger partial charge on any atom is 0.269 e. The highest BCUT2D eigenvalue weighted by Crippen LogP contribution is 1.97. The second-order valence-electron chi connectivity index (χ2n) is 2.14. The van der Waals surface area contributed by atoms with Crippen LogP contribution in [0.1, 0.15) is 17.4 Å². The number of carbonyl (C=O) groups is 1. The summed E-state index contributed by atoms with van der Waals surface area (Å²) >= 11 is 0. The molecular weight excluding hydrogens is 142 g/mol. The summed E-state index contributed by atoms with van der Waals surface area (Å²) in [5.41, 5.74) is 0.606. The van der Waals surface area contributed by atoms with E-state index in [0.29, 0.717) is 5.69 Å². The van der Waals surface area contributed by atoms with Gasteiger partial charge in [0.05, 0.1) is 12.5 Å². The van der Waals surface area contributed by atoms with E-state index in [4.69, 9.17) is 0 Å². The fraction of sp³-hybridized carbons (Fsp3) is 0.429. The van der Waals surface area contributed by atoms with Crippen LogP contribution in [0, 0.1) is 0 Å². The van der Waals surface area contributed by atoms with Gasteiger partial charge in [-0.2, -0.15) is 0 Å². The molecule has 1 aromatic heterocycles. The molecule has 0 spiro atoms. The second-order valence-corrected chi connectivity index (χ2v) is 2.14. The summed E-state index contributed by atoms with van der Waals surface area (Å²) in [5.74, 6) is -0.0932. The topological polar surface area (TPSA) is 46.9 Å². The van der Waals surface area contributed by atoms with Crippen LogP contribution in [-0.2, 0) is 6.54 Å². The Morgan fingerprint density at radius 3 is 3.09 bits per heavy atom. The third-order valence-corrected chi connectivity index (χ3v) is 1.51. The molecule has 1 aromatic rings. The first-order chi connectivity index (χ1) is 5.29. The molecule has 0 aliphatic heterocycles. The predicted octanol–water partition coefficient (Wildman–Crippen LogP) is 0.263. The van der Waals surface area contributed by atoms with Crippen molar-refractivity contribution in [1.82, 2.24) is 14.9 Å². The molecule has 4 heteroatoms. The molecule has 0 radical (unpaired) electrons. The number of aryl methyl sites for hydroxylation is 1. The van der Waals surface area contributed by atoms with Gasteiger partial charge in [-0.15, -0.1) is 0 Å². The minimum absolute atomic E-state index is 0.0932. The number of imidazole rings is 1. The number of nitrogens with one attached hydrogen (secondary N) is 1. The van der Waals surface area contributed by atoms with Crippen LogP contribution in [0.15, 0.2) is 12.5 Å². The highest BCUT2D eigenvalue weighted by atomic mass is 16.1. The van der Waals surface area contributed by atoms with E-state index in [1.54, 1.807) is 24.1 Å². The van der Waals surface area contributed by atoms with Crippen LogP contribution in [0.4, 0.5) is 0 Å². The molecule has 4 nitrogen and oxygen atoms in total. The van der Waals surface area contributed by atoms with Gasteiger partial charge in [0.15, 0.2) is 0 Å². The van der Waals surface area contributed by atoms with Crippen molar-refractivity contribution in [1.29, 1.82) is 0 Å². The quantitative estimate of drug-likeness (QED) is 0.662. The summed E-state index contributed by atoms with van der Waals surface area (Å²) in [6.45, 7) is 2.73. The molecule has 0 saturated heterocycles. The number of carbonyl (C=O) groups excluding carboxylic acids is 1. The van der Waals surface area contributed by atoms with Crippen LogP contribution in [0.2, 0.25) is 0 Å². The molecule has 0 aromatic carbocycles. The lowest BCUT2D eigenvalue weighted by Crippen LogP contribution is -2.21. The minimum atomic E-state index is -0.0932. The Morgan fingerprint density at radius 1 is 1.82 bits per heavy atom. The molecule has 60 valence electrons. The molecular formula is C7H11N3O. The minimum Gasteiger partial charge on any atom is -0.354 e. The first kappa shape index (κ1) is 7.78. The Morgan fingerprint density at radius 2 is 2.55 bits per heavy atom. The maximum atomic E-state index is 11.1. The summed E-state index contributed by atoms with van der Waals surface area (Å²) in [6, 6.07) is 0. The lowest BCUT2D eigenvalue weighted by atomic mass is 10.4. The van der Waals surface area contributed by atoms with E-state index in [2.05, 4.69) is 10.3 Å². The average molecular weight is 153 g/mol. The van der Waals surface area contributed by atoms with E-state index in [1.165, 1.54) is 0 Å². The second kappa shape index (κ2) is 3.18. The van der Waals surface area contributed by atoms with Gasteiger partial charge in [0.1, 0.15) is 5.69 Å². The van der Waals surface area contributed by atoms with E-state index in [-0.39, 0.29) is 5.91 Å². The summed E-state index contributed by atoms with van der Waals surface area (Å²) in [5, 5.41) is 2.54. The molecule has 1 rings (SSSR count). The van der Waals surface area contributed by atoms with Gasteiger partial charge in [0, 0.05) is 13.6 Å². The van der Waals surface area contributed by atoms with Crippen molar-refractivity contribution < 1.29 is 4.79 Å². The SMILES string of the molecule is CCn1cncc1C(=O)NC. The predicted molar refractivity (Wildman–Crippen MR) is 41.3 cm³/mol. The summed E-state index contributed by atoms with van der Waals surface area (Å²) in [6.07, 6.45) is 3.20. The van der Waals surface area contributed by atoms with E-state index in [1.807, 2.05) is 6.92 Å². The average Bonchev–Trinajstić information content (AvgIpc) is 2.50. The van der Waals surface area contributed by atoms with Crippen molar-refractivity contribution in [3.63, 3.8) is 0 Å². The lowest BCUT2D eigenvalue weighted by molar-refractivity contribution is 0.0954. The highest BCUT2D eigenvalue weighted by Gasteiger charge is 2.07. The number of hydrogen-bond acceptors (Lipinski definition) is 2. The number of rotatable bonds is 2. The van der Waals surface area contributed by atoms with Crippen molar-refractivity contribution in [2.75, 3.05) is 7.05 Å². The fourth-order valence-electron chi connectivity index (χ4n) is 0.890. The molecule has 0 aliphatic carbocycles. The Kier molecular flexibility index (Phi) is 2.25. The van der Waals surface area contributed by atoms with Gasteiger partial charge in [-0.3, -0.25) is 4.79 Å². The monoisotopic (exact) mass is 153 g/mol. The van der Waals surface area contributed by atoms with Crippen LogP contribution in [-0.4, -0.2) is 22.5 Å². The smallest absolute Gasteiger partial charge is 0.269 e. The fourth-order valence-corrected chi connectivity index (χ4v) is 0.890. The molecule has 1 N–H and O–H groups in total. The van der Waals surface area contributed by atoms with E-state index >= 15 is 0 Å². The van der Waals surface area contributed by atoms with Crippen molar-refractivity contribution in [3.8, 4) is 0 Å². The maximum absolute atomic E-state index is 11.1. The van der Waals surface area contributed by atoms with Crippen molar-refractivity contribution in [3.05, 3.63) is 18.2 Å². The summed E-state index contributed by atoms with van der Waals surface area (Å²) < 4.78 is 1.79. The number of amides is 1. The molecule has 1 amide bonds. The van der Waals surface area contributed by atoms with Crippen LogP contribution >= 0.6 is 0 Å². The van der Waals surface area contributed by atoms with Crippen LogP contribution in [0.25, 0.3) is 0 Å². The Labute approximate surface area is 65.2 Å². The van der Waals surface area contributed by atoms with Crippen LogP contribution < -0.4 is 5.32 Å². The summed E-state index contributed by atoms with van der Waals surface area (Å²) in [7, 11) is 1.61. The molecule has 11 heavy (non-hydrogen) atoms. The Bertz CT molecular complexity index is 254. The van der Waals surface area contributed by atoms with Gasteiger partial charge in [-0.25, -0.2) is 4.98 Å². The van der Waals surface area contributed by atoms with Gasteiger partial charge in [0.2, 0.25) is 0 Å². The standard InChI is InChI=1S/C7H11N3O/c1-3-10-5-9-4-6(10)7(11)8-2/h4-5H,3H2,1-2H3,(H,8,11). The highest BCUT2D eigenvalue weighted by molar-refractivity contribution is 5.92. The Balaban J connectivity index is 2.92. The number of hydrogen-bond donors (Lipinski definition) is 1. The Hall–Kier alpha value is -1.32. The molecule has 0 unspecified atom stereocenters. The van der Waals surface area contributed by atoms with Gasteiger partial charge < -0.3 is 9.88 Å². The zero-order chi connectivity index (χ0) is 8.27. The van der Waals surface area contributed by atoms with E-state index in [0.717, 1.165) is 6.54 Å². The molecule has 0 aliphatic rings. The summed E-state index contributed by atoms with van der Waals surface area (Å²) in [4.78, 5) is 14.9. The molecule has 0 atom stereocenters. The van der Waals surface area contributed by atoms with E-state index < -0.39 is 0 Å². The molecule has 0 fully saturated rings. The number of nitrogens with zero attached hydrogens (tertiary/aromatic N) is 2. The third kappa shape index (κ3) is 1.39. The van der Waals surface area contributed by atoms with Crippen molar-refractivity contribution >= 4 is 5.91 Å². The molecule has 0 bridgehead atoms. The zero-order valence-electron chi connectivity index (χ0n) is 6.66. The number of aromatic nitrogens is 2. The first-order valence-corrected chi connectivity index (χ1v) is 3.51. The lowest BCUT2D eigenvalue weighted by Gasteiger charge is -2.01. The normalized spacial score (nSPS) is 9.64. The zero-order valence-corrected chi connectivity index (χ0v) is 6.66.